The quantitative estimate of drug-likeness (QED) is 0.623. The fourth-order valence-electron chi connectivity index (χ4n) is 2.16. The van der Waals surface area contributed by atoms with E-state index in [0.29, 0.717) is 0 Å². The Morgan fingerprint density at radius 2 is 2.00 bits per heavy atom. The van der Waals surface area contributed by atoms with Crippen LogP contribution in [-0.2, 0) is 6.54 Å². The van der Waals surface area contributed by atoms with E-state index in [1.807, 2.05) is 18.3 Å². The highest BCUT2D eigenvalue weighted by molar-refractivity contribution is 5.53. The normalized spacial score (nSPS) is 13.8. The van der Waals surface area contributed by atoms with E-state index in [1.165, 1.54) is 5.82 Å². The van der Waals surface area contributed by atoms with Gasteiger partial charge in [0.15, 0.2) is 0 Å². The van der Waals surface area contributed by atoms with Gasteiger partial charge in [0.2, 0.25) is 5.82 Å². The van der Waals surface area contributed by atoms with Crippen molar-refractivity contribution in [1.82, 2.24) is 4.98 Å². The highest BCUT2D eigenvalue weighted by Crippen LogP contribution is 2.22. The fraction of sp³-hybridized carbons (Fsp3) is 0.231. The number of rotatable bonds is 1. The van der Waals surface area contributed by atoms with Crippen LogP contribution in [0.4, 0.5) is 11.6 Å². The van der Waals surface area contributed by atoms with Crippen LogP contribution in [0.3, 0.4) is 0 Å². The minimum Gasteiger partial charge on any atom is -1.00 e. The zero-order chi connectivity index (χ0) is 10.8. The Bertz CT molecular complexity index is 487. The van der Waals surface area contributed by atoms with Crippen LogP contribution < -0.4 is 26.4 Å². The Balaban J connectivity index is 0.00000108. The summed E-state index contributed by atoms with van der Waals surface area (Å²) in [6.45, 7) is 2.14. The lowest BCUT2D eigenvalue weighted by Crippen LogP contribution is -3.00. The average molecular weight is 292 g/mol. The summed E-state index contributed by atoms with van der Waals surface area (Å²) < 4.78 is 2.28. The topological polar surface area (TPSA) is 20.0 Å². The van der Waals surface area contributed by atoms with E-state index < -0.39 is 0 Å². The van der Waals surface area contributed by atoms with Gasteiger partial charge >= 0.3 is 0 Å². The highest BCUT2D eigenvalue weighted by atomic mass is 79.9. The Morgan fingerprint density at radius 1 is 1.12 bits per heavy atom. The molecule has 3 nitrogen and oxygen atoms in total. The minimum absolute atomic E-state index is 0. The molecule has 0 saturated carbocycles. The summed E-state index contributed by atoms with van der Waals surface area (Å²) in [6, 6.07) is 12.3. The van der Waals surface area contributed by atoms with Crippen LogP contribution in [0, 0.1) is 0 Å². The fourth-order valence-corrected chi connectivity index (χ4v) is 2.16. The summed E-state index contributed by atoms with van der Waals surface area (Å²) in [7, 11) is 0. The SMILES string of the molecule is [Br-].c1ccc(N2CCC[n+]3ccccc32)nc1. The van der Waals surface area contributed by atoms with Crippen molar-refractivity contribution in [2.45, 2.75) is 13.0 Å². The van der Waals surface area contributed by atoms with Gasteiger partial charge in [-0.25, -0.2) is 14.5 Å². The molecule has 0 fully saturated rings. The molecule has 0 N–H and O–H groups in total. The molecular weight excluding hydrogens is 278 g/mol. The summed E-state index contributed by atoms with van der Waals surface area (Å²) in [6.07, 6.45) is 5.14. The maximum Gasteiger partial charge on any atom is 0.282 e. The summed E-state index contributed by atoms with van der Waals surface area (Å²) in [5.74, 6) is 2.26. The van der Waals surface area contributed by atoms with Crippen LogP contribution >= 0.6 is 0 Å². The van der Waals surface area contributed by atoms with Crippen LogP contribution in [0.1, 0.15) is 6.42 Å². The van der Waals surface area contributed by atoms with Crippen molar-refractivity contribution < 1.29 is 21.5 Å². The number of anilines is 2. The molecule has 1 aliphatic heterocycles. The maximum atomic E-state index is 4.41. The summed E-state index contributed by atoms with van der Waals surface area (Å²) >= 11 is 0. The smallest absolute Gasteiger partial charge is 0.282 e. The molecule has 88 valence electrons. The molecule has 4 heteroatoms. The first kappa shape index (κ1) is 12.0. The Morgan fingerprint density at radius 3 is 2.82 bits per heavy atom. The zero-order valence-corrected chi connectivity index (χ0v) is 11.0. The average Bonchev–Trinajstić information content (AvgIpc) is 2.39. The van der Waals surface area contributed by atoms with Crippen molar-refractivity contribution in [3.05, 3.63) is 48.8 Å². The molecule has 0 unspecified atom stereocenters. The van der Waals surface area contributed by atoms with E-state index in [0.717, 1.165) is 25.3 Å². The molecule has 0 saturated heterocycles. The van der Waals surface area contributed by atoms with E-state index >= 15 is 0 Å². The monoisotopic (exact) mass is 291 g/mol. The predicted molar refractivity (Wildman–Crippen MR) is 62.5 cm³/mol. The van der Waals surface area contributed by atoms with Crippen LogP contribution in [0.2, 0.25) is 0 Å². The van der Waals surface area contributed by atoms with Gasteiger partial charge in [-0.05, 0) is 12.1 Å². The molecule has 2 aromatic rings. The van der Waals surface area contributed by atoms with Gasteiger partial charge in [-0.3, -0.25) is 0 Å². The van der Waals surface area contributed by atoms with Gasteiger partial charge in [0.1, 0.15) is 0 Å². The number of aryl methyl sites for hydroxylation is 1. The van der Waals surface area contributed by atoms with Crippen LogP contribution in [0.15, 0.2) is 48.8 Å². The number of hydrogen-bond donors (Lipinski definition) is 0. The predicted octanol–water partition coefficient (Wildman–Crippen LogP) is -1.09. The number of nitrogens with zero attached hydrogens (tertiary/aromatic N) is 3. The molecule has 0 bridgehead atoms. The standard InChI is InChI=1S/C13H14N3.BrH/c1-3-8-14-12(6-1)16-11-5-10-15-9-4-2-7-13(15)16;/h1-4,6-9H,5,10-11H2;1H/q+1;/p-1. The maximum absolute atomic E-state index is 4.41. The van der Waals surface area contributed by atoms with Crippen LogP contribution in [0.25, 0.3) is 0 Å². The second-order valence-electron chi connectivity index (χ2n) is 3.95. The van der Waals surface area contributed by atoms with Crippen molar-refractivity contribution in [3.8, 4) is 0 Å². The first-order valence-electron chi connectivity index (χ1n) is 5.62. The van der Waals surface area contributed by atoms with Gasteiger partial charge < -0.3 is 17.0 Å². The molecule has 3 rings (SSSR count). The molecule has 0 amide bonds. The lowest BCUT2D eigenvalue weighted by molar-refractivity contribution is -0.688. The molecule has 0 spiro atoms. The van der Waals surface area contributed by atoms with E-state index in [-0.39, 0.29) is 17.0 Å². The van der Waals surface area contributed by atoms with Gasteiger partial charge in [-0.2, -0.15) is 0 Å². The number of hydrogen-bond acceptors (Lipinski definition) is 2. The third-order valence-electron chi connectivity index (χ3n) is 2.90. The van der Waals surface area contributed by atoms with Crippen LogP contribution in [0.5, 0.6) is 0 Å². The lowest BCUT2D eigenvalue weighted by Gasteiger charge is -2.22. The third kappa shape index (κ3) is 2.31. The van der Waals surface area contributed by atoms with Crippen molar-refractivity contribution in [2.75, 3.05) is 11.4 Å². The second kappa shape index (κ2) is 5.27. The van der Waals surface area contributed by atoms with Gasteiger partial charge in [0.25, 0.3) is 5.82 Å². The number of aromatic nitrogens is 2. The van der Waals surface area contributed by atoms with Gasteiger partial charge in [0, 0.05) is 24.8 Å². The molecule has 2 aromatic heterocycles. The van der Waals surface area contributed by atoms with Gasteiger partial charge in [-0.1, -0.05) is 12.1 Å². The second-order valence-corrected chi connectivity index (χ2v) is 3.95. The van der Waals surface area contributed by atoms with E-state index in [9.17, 15) is 0 Å². The van der Waals surface area contributed by atoms with Gasteiger partial charge in [-0.15, -0.1) is 0 Å². The minimum atomic E-state index is 0. The van der Waals surface area contributed by atoms with Crippen molar-refractivity contribution in [1.29, 1.82) is 0 Å². The van der Waals surface area contributed by atoms with E-state index in [2.05, 4.69) is 44.9 Å². The molecule has 0 radical (unpaired) electrons. The van der Waals surface area contributed by atoms with Crippen molar-refractivity contribution in [3.63, 3.8) is 0 Å². The number of halogens is 1. The first-order valence-corrected chi connectivity index (χ1v) is 5.62. The lowest BCUT2D eigenvalue weighted by atomic mass is 10.2. The molecule has 0 aliphatic carbocycles. The molecule has 3 heterocycles. The summed E-state index contributed by atoms with van der Waals surface area (Å²) in [4.78, 5) is 6.68. The summed E-state index contributed by atoms with van der Waals surface area (Å²) in [5, 5.41) is 0. The number of pyridine rings is 2. The van der Waals surface area contributed by atoms with Gasteiger partial charge in [0.05, 0.1) is 19.3 Å². The summed E-state index contributed by atoms with van der Waals surface area (Å²) in [5.41, 5.74) is 0. The third-order valence-corrected chi connectivity index (χ3v) is 2.90. The molecular formula is C13H14BrN3. The van der Waals surface area contributed by atoms with Crippen molar-refractivity contribution in [2.24, 2.45) is 0 Å². The Hall–Kier alpha value is -1.42. The van der Waals surface area contributed by atoms with E-state index in [4.69, 9.17) is 0 Å². The Kier molecular flexibility index (Phi) is 3.74. The molecule has 0 aromatic carbocycles. The first-order chi connectivity index (χ1) is 7.95. The zero-order valence-electron chi connectivity index (χ0n) is 9.46. The highest BCUT2D eigenvalue weighted by Gasteiger charge is 2.25. The van der Waals surface area contributed by atoms with Crippen molar-refractivity contribution >= 4 is 11.6 Å². The Labute approximate surface area is 111 Å². The molecule has 17 heavy (non-hydrogen) atoms. The van der Waals surface area contributed by atoms with Crippen LogP contribution in [-0.4, -0.2) is 11.5 Å². The van der Waals surface area contributed by atoms with E-state index in [1.54, 1.807) is 0 Å². The molecule has 1 aliphatic rings. The largest absolute Gasteiger partial charge is 1.00 e. The number of fused-ring (bicyclic) bond motifs is 1. The molecule has 0 atom stereocenters.